The molecule has 0 atom stereocenters. The number of ether oxygens (including phenoxy) is 4. The first-order valence-electron chi connectivity index (χ1n) is 9.72. The number of benzene rings is 2. The van der Waals surface area contributed by atoms with Crippen LogP contribution in [0.4, 0.5) is 9.59 Å². The minimum Gasteiger partial charge on any atom is -0.463 e. The van der Waals surface area contributed by atoms with Crippen LogP contribution < -0.4 is 20.1 Å². The molecule has 0 aliphatic carbocycles. The summed E-state index contributed by atoms with van der Waals surface area (Å²) in [5.41, 5.74) is 1.66. The van der Waals surface area contributed by atoms with Gasteiger partial charge in [-0.05, 0) is 49.2 Å². The summed E-state index contributed by atoms with van der Waals surface area (Å²) < 4.78 is 19.1. The van der Waals surface area contributed by atoms with Gasteiger partial charge in [-0.2, -0.15) is 0 Å². The van der Waals surface area contributed by atoms with Crippen molar-refractivity contribution in [1.82, 2.24) is 10.6 Å². The van der Waals surface area contributed by atoms with Crippen molar-refractivity contribution in [1.29, 1.82) is 0 Å². The van der Waals surface area contributed by atoms with E-state index in [1.165, 1.54) is 0 Å². The maximum atomic E-state index is 11.1. The Labute approximate surface area is 185 Å². The molecule has 0 heterocycles. The van der Waals surface area contributed by atoms with Crippen LogP contribution in [-0.4, -0.2) is 38.2 Å². The zero-order valence-electron chi connectivity index (χ0n) is 17.9. The van der Waals surface area contributed by atoms with Crippen molar-refractivity contribution in [3.05, 3.63) is 59.7 Å². The quantitative estimate of drug-likeness (QED) is 0.533. The standard InChI is InChI=1S/2C11H13NO4/c2*1-2-12-11(14)16-10-5-3-9(4-6-10)7-15-8-13/h2*3-6,8H,2,7H2,1H3,(H,12,14). The Kier molecular flexibility index (Phi) is 12.8. The molecule has 2 amide bonds. The van der Waals surface area contributed by atoms with Gasteiger partial charge in [0.25, 0.3) is 12.9 Å². The van der Waals surface area contributed by atoms with E-state index in [1.54, 1.807) is 62.4 Å². The molecular weight excluding hydrogens is 420 g/mol. The van der Waals surface area contributed by atoms with Gasteiger partial charge in [0.1, 0.15) is 24.7 Å². The summed E-state index contributed by atoms with van der Waals surface area (Å²) in [6.07, 6.45) is -0.973. The van der Waals surface area contributed by atoms with Gasteiger partial charge in [0.05, 0.1) is 0 Å². The Morgan fingerprint density at radius 1 is 0.688 bits per heavy atom. The highest BCUT2D eigenvalue weighted by atomic mass is 16.6. The zero-order valence-corrected chi connectivity index (χ0v) is 17.9. The summed E-state index contributed by atoms with van der Waals surface area (Å²) in [6, 6.07) is 13.4. The first-order chi connectivity index (χ1) is 15.5. The lowest BCUT2D eigenvalue weighted by molar-refractivity contribution is -0.130. The summed E-state index contributed by atoms with van der Waals surface area (Å²) >= 11 is 0. The largest absolute Gasteiger partial charge is 0.463 e. The van der Waals surface area contributed by atoms with Crippen molar-refractivity contribution in [2.45, 2.75) is 27.1 Å². The van der Waals surface area contributed by atoms with E-state index >= 15 is 0 Å². The van der Waals surface area contributed by atoms with Crippen LogP contribution in [0.5, 0.6) is 11.5 Å². The monoisotopic (exact) mass is 446 g/mol. The molecule has 0 radical (unpaired) electrons. The summed E-state index contributed by atoms with van der Waals surface area (Å²) in [6.45, 7) is 5.85. The number of nitrogens with one attached hydrogen (secondary N) is 2. The first-order valence-corrected chi connectivity index (χ1v) is 9.72. The molecule has 10 heteroatoms. The van der Waals surface area contributed by atoms with Crippen molar-refractivity contribution in [2.24, 2.45) is 0 Å². The van der Waals surface area contributed by atoms with E-state index in [0.717, 1.165) is 11.1 Å². The summed E-state index contributed by atoms with van der Waals surface area (Å²) in [5.74, 6) is 0.890. The van der Waals surface area contributed by atoms with Crippen LogP contribution in [0.3, 0.4) is 0 Å². The number of carbonyl (C=O) groups is 4. The van der Waals surface area contributed by atoms with Crippen molar-refractivity contribution in [2.75, 3.05) is 13.1 Å². The van der Waals surface area contributed by atoms with Gasteiger partial charge in [-0.25, -0.2) is 9.59 Å². The van der Waals surface area contributed by atoms with E-state index in [4.69, 9.17) is 9.47 Å². The average molecular weight is 446 g/mol. The van der Waals surface area contributed by atoms with Gasteiger partial charge in [-0.1, -0.05) is 24.3 Å². The van der Waals surface area contributed by atoms with E-state index in [9.17, 15) is 19.2 Å². The van der Waals surface area contributed by atoms with Crippen LogP contribution in [0.25, 0.3) is 0 Å². The normalized spacial score (nSPS) is 9.31. The van der Waals surface area contributed by atoms with E-state index in [2.05, 4.69) is 20.1 Å². The molecule has 0 saturated heterocycles. The van der Waals surface area contributed by atoms with Crippen molar-refractivity contribution in [3.63, 3.8) is 0 Å². The predicted octanol–water partition coefficient (Wildman–Crippen LogP) is 2.94. The minimum absolute atomic E-state index is 0.213. The van der Waals surface area contributed by atoms with E-state index in [0.29, 0.717) is 37.5 Å². The first kappa shape index (κ1) is 26.0. The lowest BCUT2D eigenvalue weighted by Crippen LogP contribution is -2.26. The molecular formula is C22H26N2O8. The third-order valence-corrected chi connectivity index (χ3v) is 3.55. The number of hydrogen-bond acceptors (Lipinski definition) is 8. The molecule has 10 nitrogen and oxygen atoms in total. The molecule has 172 valence electrons. The summed E-state index contributed by atoms with van der Waals surface area (Å²) in [4.78, 5) is 42.1. The molecule has 0 unspecified atom stereocenters. The highest BCUT2D eigenvalue weighted by Gasteiger charge is 2.03. The maximum absolute atomic E-state index is 11.1. The SMILES string of the molecule is CCNC(=O)Oc1ccc(COC=O)cc1.CCNC(=O)Oc1ccc(COC=O)cc1. The van der Waals surface area contributed by atoms with Gasteiger partial charge >= 0.3 is 12.2 Å². The third kappa shape index (κ3) is 11.2. The molecule has 32 heavy (non-hydrogen) atoms. The van der Waals surface area contributed by atoms with Crippen LogP contribution in [0.1, 0.15) is 25.0 Å². The predicted molar refractivity (Wildman–Crippen MR) is 114 cm³/mol. The lowest BCUT2D eigenvalue weighted by Gasteiger charge is -2.05. The Bertz CT molecular complexity index is 767. The third-order valence-electron chi connectivity index (χ3n) is 3.55. The molecule has 0 fully saturated rings. The molecule has 2 N–H and O–H groups in total. The van der Waals surface area contributed by atoms with E-state index in [1.807, 2.05) is 0 Å². The van der Waals surface area contributed by atoms with Gasteiger partial charge < -0.3 is 29.6 Å². The Morgan fingerprint density at radius 3 is 1.31 bits per heavy atom. The van der Waals surface area contributed by atoms with Crippen molar-refractivity contribution < 1.29 is 38.1 Å². The molecule has 0 aliphatic rings. The second-order valence-electron chi connectivity index (χ2n) is 5.94. The van der Waals surface area contributed by atoms with Gasteiger partial charge in [0, 0.05) is 13.1 Å². The maximum Gasteiger partial charge on any atom is 0.412 e. The highest BCUT2D eigenvalue weighted by molar-refractivity contribution is 5.70. The Morgan fingerprint density at radius 2 is 1.03 bits per heavy atom. The Hall–Kier alpha value is -4.08. The highest BCUT2D eigenvalue weighted by Crippen LogP contribution is 2.13. The fourth-order valence-corrected chi connectivity index (χ4v) is 2.14. The molecule has 0 spiro atoms. The molecule has 2 aromatic rings. The number of hydrogen-bond donors (Lipinski definition) is 2. The fourth-order valence-electron chi connectivity index (χ4n) is 2.14. The second kappa shape index (κ2) is 15.7. The molecule has 0 saturated carbocycles. The van der Waals surface area contributed by atoms with E-state index < -0.39 is 12.2 Å². The molecule has 0 aromatic heterocycles. The zero-order chi connectivity index (χ0) is 23.6. The topological polar surface area (TPSA) is 129 Å². The van der Waals surface area contributed by atoms with Gasteiger partial charge in [-0.3, -0.25) is 9.59 Å². The molecule has 2 rings (SSSR count). The van der Waals surface area contributed by atoms with Crippen LogP contribution in [0.15, 0.2) is 48.5 Å². The van der Waals surface area contributed by atoms with E-state index in [-0.39, 0.29) is 13.2 Å². The molecule has 2 aromatic carbocycles. The van der Waals surface area contributed by atoms with Crippen LogP contribution in [0.2, 0.25) is 0 Å². The summed E-state index contributed by atoms with van der Waals surface area (Å²) in [7, 11) is 0. The van der Waals surface area contributed by atoms with Gasteiger partial charge in [-0.15, -0.1) is 0 Å². The van der Waals surface area contributed by atoms with Crippen molar-refractivity contribution >= 4 is 25.1 Å². The van der Waals surface area contributed by atoms with Crippen LogP contribution >= 0.6 is 0 Å². The van der Waals surface area contributed by atoms with Crippen LogP contribution in [0, 0.1) is 0 Å². The van der Waals surface area contributed by atoms with Crippen LogP contribution in [-0.2, 0) is 32.3 Å². The smallest absolute Gasteiger partial charge is 0.412 e. The second-order valence-corrected chi connectivity index (χ2v) is 5.94. The number of amides is 2. The van der Waals surface area contributed by atoms with Crippen molar-refractivity contribution in [3.8, 4) is 11.5 Å². The molecule has 0 aliphatic heterocycles. The number of rotatable bonds is 10. The minimum atomic E-state index is -0.487. The Balaban J connectivity index is 0.000000320. The lowest BCUT2D eigenvalue weighted by atomic mass is 10.2. The van der Waals surface area contributed by atoms with Gasteiger partial charge in [0.2, 0.25) is 0 Å². The average Bonchev–Trinajstić information content (AvgIpc) is 2.79. The molecule has 0 bridgehead atoms. The fraction of sp³-hybridized carbons (Fsp3) is 0.273. The number of carbonyl (C=O) groups excluding carboxylic acids is 4. The van der Waals surface area contributed by atoms with Gasteiger partial charge in [0.15, 0.2) is 0 Å². The summed E-state index contributed by atoms with van der Waals surface area (Å²) in [5, 5.41) is 5.02.